The van der Waals surface area contributed by atoms with Gasteiger partial charge >= 0.3 is 0 Å². The summed E-state index contributed by atoms with van der Waals surface area (Å²) in [7, 11) is 0. The van der Waals surface area contributed by atoms with Crippen molar-refractivity contribution in [3.05, 3.63) is 0 Å². The summed E-state index contributed by atoms with van der Waals surface area (Å²) in [6, 6.07) is 0. The molecular weight excluding hydrogens is 174 g/mol. The Hall–Kier alpha value is -0.0800. The molecule has 0 aromatic rings. The molecule has 0 aromatic carbocycles. The summed E-state index contributed by atoms with van der Waals surface area (Å²) in [5.74, 6) is -1.03. The standard InChI is InChI=1S/C12H21NO/c1-10-2-9-3-11(5-10,8-14)7-12(13,4-9)6-10/h9,14H,2-8,13H2,1H3/i1D3,8D2,9D. The van der Waals surface area contributed by atoms with Gasteiger partial charge in [0.05, 0.1) is 2.74 Å². The highest BCUT2D eigenvalue weighted by Gasteiger charge is 2.60. The molecule has 4 saturated carbocycles. The Kier molecular flexibility index (Phi) is 0.813. The van der Waals surface area contributed by atoms with E-state index in [1.54, 1.807) is 0 Å². The van der Waals surface area contributed by atoms with E-state index in [4.69, 9.17) is 14.0 Å². The smallest absolute Gasteiger partial charge is 0.0570 e. The molecule has 4 aliphatic rings. The van der Waals surface area contributed by atoms with Crippen LogP contribution in [-0.4, -0.2) is 17.2 Å². The summed E-state index contributed by atoms with van der Waals surface area (Å²) >= 11 is 0. The van der Waals surface area contributed by atoms with Crippen LogP contribution in [-0.2, 0) is 0 Å². The molecule has 80 valence electrons. The van der Waals surface area contributed by atoms with Gasteiger partial charge in [-0.25, -0.2) is 0 Å². The summed E-state index contributed by atoms with van der Waals surface area (Å²) < 4.78 is 47.7. The molecule has 4 aliphatic carbocycles. The van der Waals surface area contributed by atoms with Crippen molar-refractivity contribution in [3.8, 4) is 0 Å². The van der Waals surface area contributed by atoms with E-state index < -0.39 is 35.7 Å². The van der Waals surface area contributed by atoms with Crippen LogP contribution >= 0.6 is 0 Å². The summed E-state index contributed by atoms with van der Waals surface area (Å²) in [6.45, 7) is -4.77. The molecule has 0 saturated heterocycles. The zero-order valence-electron chi connectivity index (χ0n) is 14.3. The van der Waals surface area contributed by atoms with Crippen LogP contribution in [0.1, 0.15) is 53.6 Å². The predicted octanol–water partition coefficient (Wildman–Crippen LogP) is 1.67. The minimum atomic E-state index is -2.50. The molecule has 4 bridgehead atoms. The molecular formula is C12H21NO. The van der Waals surface area contributed by atoms with Gasteiger partial charge in [-0.1, -0.05) is 6.85 Å². The molecule has 0 amide bonds. The second-order valence-electron chi connectivity index (χ2n) is 5.85. The van der Waals surface area contributed by atoms with Gasteiger partial charge in [0, 0.05) is 17.6 Å². The minimum Gasteiger partial charge on any atom is -0.396 e. The van der Waals surface area contributed by atoms with Gasteiger partial charge in [-0.15, -0.1) is 0 Å². The molecule has 4 rings (SSSR count). The fourth-order valence-corrected chi connectivity index (χ4v) is 4.32. The molecule has 0 heterocycles. The van der Waals surface area contributed by atoms with Crippen LogP contribution in [0.4, 0.5) is 0 Å². The molecule has 0 spiro atoms. The van der Waals surface area contributed by atoms with Crippen molar-refractivity contribution in [1.29, 1.82) is 0 Å². The van der Waals surface area contributed by atoms with Gasteiger partial charge in [0.25, 0.3) is 0 Å². The molecule has 3 N–H and O–H groups in total. The van der Waals surface area contributed by atoms with E-state index in [1.807, 2.05) is 0 Å². The highest BCUT2D eigenvalue weighted by atomic mass is 16.3. The maximum atomic E-state index is 10.0. The van der Waals surface area contributed by atoms with E-state index in [2.05, 4.69) is 0 Å². The highest BCUT2D eigenvalue weighted by Crippen LogP contribution is 2.65. The van der Waals surface area contributed by atoms with Gasteiger partial charge in [-0.2, -0.15) is 0 Å². The van der Waals surface area contributed by atoms with Crippen molar-refractivity contribution in [3.63, 3.8) is 0 Å². The Morgan fingerprint density at radius 3 is 3.00 bits per heavy atom. The third-order valence-electron chi connectivity index (χ3n) is 4.07. The normalized spacial score (nSPS) is 74.1. The van der Waals surface area contributed by atoms with E-state index in [0.29, 0.717) is 12.8 Å². The number of nitrogens with two attached hydrogens (primary N) is 1. The lowest BCUT2D eigenvalue weighted by Gasteiger charge is -2.64. The molecule has 4 fully saturated rings. The van der Waals surface area contributed by atoms with Crippen LogP contribution in [0.15, 0.2) is 0 Å². The Morgan fingerprint density at radius 1 is 1.50 bits per heavy atom. The first-order chi connectivity index (χ1) is 8.74. The highest BCUT2D eigenvalue weighted by molar-refractivity contribution is 5.14. The molecule has 2 heteroatoms. The minimum absolute atomic E-state index is 0.0968. The van der Waals surface area contributed by atoms with Crippen molar-refractivity contribution >= 4 is 0 Å². The zero-order valence-corrected chi connectivity index (χ0v) is 8.27. The number of hydrogen-bond donors (Lipinski definition) is 2. The Balaban J connectivity index is 2.16. The van der Waals surface area contributed by atoms with Crippen LogP contribution < -0.4 is 5.73 Å². The third-order valence-corrected chi connectivity index (χ3v) is 4.07. The molecule has 2 nitrogen and oxygen atoms in total. The van der Waals surface area contributed by atoms with Gasteiger partial charge in [0.15, 0.2) is 0 Å². The largest absolute Gasteiger partial charge is 0.396 e. The quantitative estimate of drug-likeness (QED) is 0.678. The SMILES string of the molecule is [2H]C12CC3(N)CC(C([2H])([2H])[2H])(C1)CC(C([2H])([2H])O)(C2)C3. The van der Waals surface area contributed by atoms with Crippen LogP contribution in [0.5, 0.6) is 0 Å². The van der Waals surface area contributed by atoms with Gasteiger partial charge in [-0.3, -0.25) is 0 Å². The lowest BCUT2D eigenvalue weighted by Crippen LogP contribution is -2.64. The van der Waals surface area contributed by atoms with Crippen molar-refractivity contribution in [2.24, 2.45) is 22.5 Å². The van der Waals surface area contributed by atoms with Crippen LogP contribution in [0, 0.1) is 16.7 Å². The first-order valence-corrected chi connectivity index (χ1v) is 5.25. The molecule has 0 aromatic heterocycles. The Bertz CT molecular complexity index is 402. The predicted molar refractivity (Wildman–Crippen MR) is 55.7 cm³/mol. The van der Waals surface area contributed by atoms with Crippen LogP contribution in [0.3, 0.4) is 0 Å². The lowest BCUT2D eigenvalue weighted by molar-refractivity contribution is -0.132. The third kappa shape index (κ3) is 1.10. The summed E-state index contributed by atoms with van der Waals surface area (Å²) in [6.07, 6.45) is 1.49. The number of aliphatic hydroxyl groups is 1. The topological polar surface area (TPSA) is 46.2 Å². The molecule has 4 atom stereocenters. The number of rotatable bonds is 1. The second kappa shape index (κ2) is 2.35. The summed E-state index contributed by atoms with van der Waals surface area (Å²) in [4.78, 5) is 0. The second-order valence-corrected chi connectivity index (χ2v) is 5.85. The first-order valence-electron chi connectivity index (χ1n) is 8.25. The van der Waals surface area contributed by atoms with E-state index in [0.717, 1.165) is 0 Å². The number of hydrogen-bond acceptors (Lipinski definition) is 2. The van der Waals surface area contributed by atoms with Gasteiger partial charge < -0.3 is 10.8 Å². The summed E-state index contributed by atoms with van der Waals surface area (Å²) in [5.41, 5.74) is 3.14. The first kappa shape index (κ1) is 4.84. The fraction of sp³-hybridized carbons (Fsp3) is 1.00. The van der Waals surface area contributed by atoms with E-state index >= 15 is 0 Å². The van der Waals surface area contributed by atoms with E-state index in [1.165, 1.54) is 0 Å². The van der Waals surface area contributed by atoms with Crippen LogP contribution in [0.25, 0.3) is 0 Å². The van der Waals surface area contributed by atoms with Crippen molar-refractivity contribution in [1.82, 2.24) is 0 Å². The average Bonchev–Trinajstić information content (AvgIpc) is 2.06. The van der Waals surface area contributed by atoms with Gasteiger partial charge in [0.2, 0.25) is 0 Å². The summed E-state index contributed by atoms with van der Waals surface area (Å²) in [5, 5.41) is 10.0. The van der Waals surface area contributed by atoms with Crippen LogP contribution in [0.2, 0.25) is 0 Å². The maximum absolute atomic E-state index is 10.0. The monoisotopic (exact) mass is 201 g/mol. The lowest BCUT2D eigenvalue weighted by atomic mass is 9.42. The zero-order chi connectivity index (χ0) is 15.2. The van der Waals surface area contributed by atoms with E-state index in [9.17, 15) is 5.11 Å². The van der Waals surface area contributed by atoms with Gasteiger partial charge in [0.1, 0.15) is 0 Å². The van der Waals surface area contributed by atoms with Gasteiger partial charge in [-0.05, 0) is 55.2 Å². The maximum Gasteiger partial charge on any atom is 0.0570 e. The van der Waals surface area contributed by atoms with E-state index in [-0.39, 0.29) is 25.7 Å². The molecule has 4 unspecified atom stereocenters. The van der Waals surface area contributed by atoms with Crippen molar-refractivity contribution < 1.29 is 13.3 Å². The molecule has 0 radical (unpaired) electrons. The van der Waals surface area contributed by atoms with Crippen molar-refractivity contribution in [2.45, 2.75) is 50.9 Å². The molecule has 14 heavy (non-hydrogen) atoms. The Labute approximate surface area is 94.3 Å². The Morgan fingerprint density at radius 2 is 2.36 bits per heavy atom. The fourth-order valence-electron chi connectivity index (χ4n) is 4.32. The molecule has 0 aliphatic heterocycles. The average molecular weight is 201 g/mol. The van der Waals surface area contributed by atoms with Crippen molar-refractivity contribution in [2.75, 3.05) is 6.56 Å².